The Balaban J connectivity index is 2.05. The van der Waals surface area contributed by atoms with Gasteiger partial charge in [0, 0.05) is 8.95 Å². The van der Waals surface area contributed by atoms with Crippen LogP contribution in [-0.2, 0) is 0 Å². The van der Waals surface area contributed by atoms with Crippen LogP contribution in [0, 0.1) is 0 Å². The largest absolute Gasteiger partial charge is 0.0843 e. The van der Waals surface area contributed by atoms with E-state index >= 15 is 0 Å². The second-order valence-corrected chi connectivity index (χ2v) is 6.20. The van der Waals surface area contributed by atoms with Crippen molar-refractivity contribution in [3.63, 3.8) is 0 Å². The molecule has 2 rings (SSSR count). The minimum absolute atomic E-state index is 0.776. The summed E-state index contributed by atoms with van der Waals surface area (Å²) in [6.45, 7) is 0. The standard InChI is InChI=1S/C12H14ClI/c13-11-5-1-9(2-6-11)10-3-7-12(14)8-4-10/h1-2,5-6,10,12H,3-4,7-8H2. The van der Waals surface area contributed by atoms with Gasteiger partial charge in [-0.15, -0.1) is 0 Å². The van der Waals surface area contributed by atoms with Crippen molar-refractivity contribution in [1.29, 1.82) is 0 Å². The van der Waals surface area contributed by atoms with Gasteiger partial charge in [-0.05, 0) is 49.3 Å². The number of alkyl halides is 1. The van der Waals surface area contributed by atoms with Gasteiger partial charge in [0.05, 0.1) is 0 Å². The maximum atomic E-state index is 5.87. The number of hydrogen-bond acceptors (Lipinski definition) is 0. The highest BCUT2D eigenvalue weighted by Gasteiger charge is 2.20. The molecule has 14 heavy (non-hydrogen) atoms. The van der Waals surface area contributed by atoms with Crippen molar-refractivity contribution < 1.29 is 0 Å². The summed E-state index contributed by atoms with van der Waals surface area (Å²) in [7, 11) is 0. The molecule has 1 saturated carbocycles. The van der Waals surface area contributed by atoms with Crippen LogP contribution in [-0.4, -0.2) is 3.92 Å². The molecule has 2 heteroatoms. The normalized spacial score (nSPS) is 27.6. The SMILES string of the molecule is Clc1ccc(C2CCC(I)CC2)cc1. The molecule has 0 atom stereocenters. The summed E-state index contributed by atoms with van der Waals surface area (Å²) in [4.78, 5) is 0. The topological polar surface area (TPSA) is 0 Å². The van der Waals surface area contributed by atoms with Crippen LogP contribution in [0.3, 0.4) is 0 Å². The van der Waals surface area contributed by atoms with Gasteiger partial charge in [-0.2, -0.15) is 0 Å². The first-order valence-corrected chi connectivity index (χ1v) is 6.77. The van der Waals surface area contributed by atoms with Gasteiger partial charge in [0.2, 0.25) is 0 Å². The Morgan fingerprint density at radius 2 is 1.57 bits per heavy atom. The van der Waals surface area contributed by atoms with Crippen LogP contribution < -0.4 is 0 Å². The summed E-state index contributed by atoms with van der Waals surface area (Å²) >= 11 is 8.44. The monoisotopic (exact) mass is 320 g/mol. The second kappa shape index (κ2) is 4.84. The maximum Gasteiger partial charge on any atom is 0.0406 e. The predicted octanol–water partition coefficient (Wildman–Crippen LogP) is 4.80. The third-order valence-electron chi connectivity index (χ3n) is 3.00. The van der Waals surface area contributed by atoms with Crippen molar-refractivity contribution in [2.24, 2.45) is 0 Å². The first kappa shape index (κ1) is 10.7. The Kier molecular flexibility index (Phi) is 3.72. The predicted molar refractivity (Wildman–Crippen MR) is 70.5 cm³/mol. The van der Waals surface area contributed by atoms with E-state index in [1.165, 1.54) is 31.2 Å². The summed E-state index contributed by atoms with van der Waals surface area (Å²) in [5, 5.41) is 0.844. The summed E-state index contributed by atoms with van der Waals surface area (Å²) < 4.78 is 0.899. The molecule has 0 unspecified atom stereocenters. The van der Waals surface area contributed by atoms with Crippen molar-refractivity contribution in [1.82, 2.24) is 0 Å². The lowest BCUT2D eigenvalue weighted by Gasteiger charge is -2.25. The molecule has 0 radical (unpaired) electrons. The molecule has 1 aromatic carbocycles. The van der Waals surface area contributed by atoms with E-state index in [1.54, 1.807) is 0 Å². The van der Waals surface area contributed by atoms with Gasteiger partial charge < -0.3 is 0 Å². The summed E-state index contributed by atoms with van der Waals surface area (Å²) in [5.74, 6) is 0.776. The van der Waals surface area contributed by atoms with E-state index in [0.29, 0.717) is 0 Å². The van der Waals surface area contributed by atoms with Gasteiger partial charge >= 0.3 is 0 Å². The van der Waals surface area contributed by atoms with E-state index in [4.69, 9.17) is 11.6 Å². The van der Waals surface area contributed by atoms with Crippen molar-refractivity contribution >= 4 is 34.2 Å². The maximum absolute atomic E-state index is 5.87. The van der Waals surface area contributed by atoms with E-state index in [2.05, 4.69) is 34.7 Å². The summed E-state index contributed by atoms with van der Waals surface area (Å²) in [6.07, 6.45) is 5.42. The minimum Gasteiger partial charge on any atom is -0.0843 e. The Morgan fingerprint density at radius 1 is 1.00 bits per heavy atom. The van der Waals surface area contributed by atoms with Crippen LogP contribution in [0.4, 0.5) is 0 Å². The second-order valence-electron chi connectivity index (χ2n) is 4.00. The highest BCUT2D eigenvalue weighted by Crippen LogP contribution is 2.35. The smallest absolute Gasteiger partial charge is 0.0406 e. The Labute approximate surface area is 104 Å². The molecular weight excluding hydrogens is 306 g/mol. The van der Waals surface area contributed by atoms with Crippen LogP contribution in [0.1, 0.15) is 37.2 Å². The highest BCUT2D eigenvalue weighted by molar-refractivity contribution is 14.1. The molecule has 1 fully saturated rings. The molecule has 1 aromatic rings. The van der Waals surface area contributed by atoms with Crippen molar-refractivity contribution in [2.75, 3.05) is 0 Å². The van der Waals surface area contributed by atoms with E-state index < -0.39 is 0 Å². The van der Waals surface area contributed by atoms with Crippen molar-refractivity contribution in [2.45, 2.75) is 35.5 Å². The van der Waals surface area contributed by atoms with Crippen LogP contribution in [0.15, 0.2) is 24.3 Å². The van der Waals surface area contributed by atoms with Gasteiger partial charge in [0.25, 0.3) is 0 Å². The molecule has 0 spiro atoms. The molecule has 0 aromatic heterocycles. The van der Waals surface area contributed by atoms with Crippen LogP contribution in [0.25, 0.3) is 0 Å². The van der Waals surface area contributed by atoms with E-state index in [0.717, 1.165) is 14.9 Å². The average Bonchev–Trinajstić information content (AvgIpc) is 2.21. The molecule has 0 saturated heterocycles. The molecular formula is C12H14ClI. The zero-order chi connectivity index (χ0) is 9.97. The summed E-state index contributed by atoms with van der Waals surface area (Å²) in [5.41, 5.74) is 1.47. The molecule has 0 amide bonds. The Morgan fingerprint density at radius 3 is 2.14 bits per heavy atom. The van der Waals surface area contributed by atoms with Gasteiger partial charge in [0.1, 0.15) is 0 Å². The third kappa shape index (κ3) is 2.63. The zero-order valence-corrected chi connectivity index (χ0v) is 11.0. The van der Waals surface area contributed by atoms with Gasteiger partial charge in [-0.3, -0.25) is 0 Å². The number of halogens is 2. The van der Waals surface area contributed by atoms with E-state index in [9.17, 15) is 0 Å². The Bertz CT molecular complexity index is 286. The lowest BCUT2D eigenvalue weighted by molar-refractivity contribution is 0.462. The quantitative estimate of drug-likeness (QED) is 0.515. The molecule has 0 heterocycles. The molecule has 0 N–H and O–H groups in total. The van der Waals surface area contributed by atoms with Crippen molar-refractivity contribution in [3.8, 4) is 0 Å². The lowest BCUT2D eigenvalue weighted by atomic mass is 9.84. The molecule has 1 aliphatic rings. The Hall–Kier alpha value is 0.240. The summed E-state index contributed by atoms with van der Waals surface area (Å²) in [6, 6.07) is 8.38. The van der Waals surface area contributed by atoms with Crippen LogP contribution in [0.2, 0.25) is 5.02 Å². The number of hydrogen-bond donors (Lipinski definition) is 0. The molecule has 0 aliphatic heterocycles. The van der Waals surface area contributed by atoms with Gasteiger partial charge in [-0.25, -0.2) is 0 Å². The van der Waals surface area contributed by atoms with E-state index in [-0.39, 0.29) is 0 Å². The fraction of sp³-hybridized carbons (Fsp3) is 0.500. The molecule has 0 nitrogen and oxygen atoms in total. The van der Waals surface area contributed by atoms with Crippen LogP contribution in [0.5, 0.6) is 0 Å². The third-order valence-corrected chi connectivity index (χ3v) is 4.50. The first-order chi connectivity index (χ1) is 6.75. The van der Waals surface area contributed by atoms with E-state index in [1.807, 2.05) is 12.1 Å². The molecule has 0 bridgehead atoms. The lowest BCUT2D eigenvalue weighted by Crippen LogP contribution is -2.12. The average molecular weight is 321 g/mol. The van der Waals surface area contributed by atoms with Crippen LogP contribution >= 0.6 is 34.2 Å². The zero-order valence-electron chi connectivity index (χ0n) is 8.05. The van der Waals surface area contributed by atoms with Crippen molar-refractivity contribution in [3.05, 3.63) is 34.9 Å². The first-order valence-electron chi connectivity index (χ1n) is 5.15. The fourth-order valence-electron chi connectivity index (χ4n) is 2.12. The highest BCUT2D eigenvalue weighted by atomic mass is 127. The number of rotatable bonds is 1. The molecule has 1 aliphatic carbocycles. The fourth-order valence-corrected chi connectivity index (χ4v) is 2.97. The number of benzene rings is 1. The van der Waals surface area contributed by atoms with Gasteiger partial charge in [-0.1, -0.05) is 46.3 Å². The van der Waals surface area contributed by atoms with Gasteiger partial charge in [0.15, 0.2) is 0 Å². The minimum atomic E-state index is 0.776. The molecule has 76 valence electrons.